The fourth-order valence-electron chi connectivity index (χ4n) is 2.42. The van der Waals surface area contributed by atoms with Crippen LogP contribution in [0.2, 0.25) is 0 Å². The number of halogens is 1. The van der Waals surface area contributed by atoms with E-state index in [-0.39, 0.29) is 5.54 Å². The van der Waals surface area contributed by atoms with Crippen LogP contribution >= 0.6 is 15.9 Å². The molecule has 0 unspecified atom stereocenters. The van der Waals surface area contributed by atoms with E-state index in [2.05, 4.69) is 15.9 Å². The first-order valence-electron chi connectivity index (χ1n) is 5.69. The molecule has 0 radical (unpaired) electrons. The van der Waals surface area contributed by atoms with Crippen LogP contribution in [0.5, 0.6) is 5.75 Å². The predicted octanol–water partition coefficient (Wildman–Crippen LogP) is 3.54. The fraction of sp³-hybridized carbons (Fsp3) is 0.385. The zero-order chi connectivity index (χ0) is 12.0. The topological polar surface area (TPSA) is 48.4 Å². The summed E-state index contributed by atoms with van der Waals surface area (Å²) in [5.74, 6) is 0.750. The Kier molecular flexibility index (Phi) is 2.45. The lowest BCUT2D eigenvalue weighted by molar-refractivity contribution is 0.252. The molecular weight excluding hydrogens is 282 g/mol. The van der Waals surface area contributed by atoms with Crippen molar-refractivity contribution in [3.8, 4) is 5.75 Å². The van der Waals surface area contributed by atoms with Gasteiger partial charge in [0.05, 0.1) is 13.4 Å². The number of furan rings is 1. The third kappa shape index (κ3) is 1.51. The van der Waals surface area contributed by atoms with Gasteiger partial charge in [0.25, 0.3) is 0 Å². The Labute approximate surface area is 108 Å². The van der Waals surface area contributed by atoms with E-state index in [1.807, 2.05) is 12.1 Å². The van der Waals surface area contributed by atoms with Gasteiger partial charge in [-0.3, -0.25) is 0 Å². The number of nitrogens with two attached hydrogens (primary N) is 1. The normalized spacial score (nSPS) is 18.1. The van der Waals surface area contributed by atoms with Crippen molar-refractivity contribution < 1.29 is 9.15 Å². The van der Waals surface area contributed by atoms with Gasteiger partial charge < -0.3 is 14.9 Å². The Morgan fingerprint density at radius 1 is 1.47 bits per heavy atom. The summed E-state index contributed by atoms with van der Waals surface area (Å²) in [6.45, 7) is 0. The zero-order valence-corrected chi connectivity index (χ0v) is 11.2. The molecule has 0 amide bonds. The van der Waals surface area contributed by atoms with Crippen LogP contribution in [0.4, 0.5) is 0 Å². The molecule has 0 aliphatic heterocycles. The van der Waals surface area contributed by atoms with Gasteiger partial charge in [-0.15, -0.1) is 0 Å². The van der Waals surface area contributed by atoms with Gasteiger partial charge in [-0.25, -0.2) is 0 Å². The summed E-state index contributed by atoms with van der Waals surface area (Å²) >= 11 is 3.64. The van der Waals surface area contributed by atoms with E-state index in [4.69, 9.17) is 14.9 Å². The molecule has 0 saturated heterocycles. The Balaban J connectivity index is 2.28. The highest BCUT2D eigenvalue weighted by atomic mass is 79.9. The summed E-state index contributed by atoms with van der Waals surface area (Å²) in [5, 5.41) is 1.02. The van der Waals surface area contributed by atoms with Crippen molar-refractivity contribution in [2.24, 2.45) is 5.73 Å². The summed E-state index contributed by atoms with van der Waals surface area (Å²) < 4.78 is 11.9. The molecular formula is C13H14BrNO2. The molecule has 17 heavy (non-hydrogen) atoms. The first kappa shape index (κ1) is 11.1. The van der Waals surface area contributed by atoms with Gasteiger partial charge in [0, 0.05) is 15.4 Å². The highest BCUT2D eigenvalue weighted by Gasteiger charge is 2.37. The van der Waals surface area contributed by atoms with Gasteiger partial charge in [-0.2, -0.15) is 0 Å². The molecule has 1 heterocycles. The van der Waals surface area contributed by atoms with Crippen LogP contribution in [0.1, 0.15) is 24.8 Å². The van der Waals surface area contributed by atoms with Crippen LogP contribution < -0.4 is 10.5 Å². The van der Waals surface area contributed by atoms with Crippen LogP contribution in [0, 0.1) is 0 Å². The molecule has 0 spiro atoms. The van der Waals surface area contributed by atoms with Gasteiger partial charge in [0.1, 0.15) is 0 Å². The lowest BCUT2D eigenvalue weighted by Crippen LogP contribution is -2.43. The smallest absolute Gasteiger partial charge is 0.176 e. The maximum absolute atomic E-state index is 6.39. The Morgan fingerprint density at radius 2 is 2.24 bits per heavy atom. The number of hydrogen-bond acceptors (Lipinski definition) is 3. The number of rotatable bonds is 2. The van der Waals surface area contributed by atoms with Gasteiger partial charge >= 0.3 is 0 Å². The number of fused-ring (bicyclic) bond motifs is 1. The molecule has 1 aromatic carbocycles. The van der Waals surface area contributed by atoms with Crippen molar-refractivity contribution in [2.45, 2.75) is 24.8 Å². The molecule has 90 valence electrons. The van der Waals surface area contributed by atoms with E-state index in [0.29, 0.717) is 0 Å². The number of methoxy groups -OCH3 is 1. The number of benzene rings is 1. The summed E-state index contributed by atoms with van der Waals surface area (Å²) in [6, 6.07) is 3.93. The van der Waals surface area contributed by atoms with Crippen LogP contribution in [0.15, 0.2) is 27.3 Å². The first-order chi connectivity index (χ1) is 8.15. The number of hydrogen-bond donors (Lipinski definition) is 1. The molecule has 2 N–H and O–H groups in total. The summed E-state index contributed by atoms with van der Waals surface area (Å²) in [5.41, 5.74) is 8.07. The van der Waals surface area contributed by atoms with Crippen molar-refractivity contribution in [1.29, 1.82) is 0 Å². The van der Waals surface area contributed by atoms with Crippen LogP contribution in [-0.4, -0.2) is 7.11 Å². The predicted molar refractivity (Wildman–Crippen MR) is 70.2 cm³/mol. The van der Waals surface area contributed by atoms with Crippen molar-refractivity contribution in [3.05, 3.63) is 28.4 Å². The van der Waals surface area contributed by atoms with E-state index >= 15 is 0 Å². The molecule has 0 atom stereocenters. The van der Waals surface area contributed by atoms with Gasteiger partial charge in [0.15, 0.2) is 11.3 Å². The van der Waals surface area contributed by atoms with Crippen LogP contribution in [-0.2, 0) is 5.54 Å². The second kappa shape index (κ2) is 3.75. The zero-order valence-electron chi connectivity index (χ0n) is 9.63. The number of ether oxygens (including phenoxy) is 1. The standard InChI is InChI=1S/C13H14BrNO2/c1-16-10-7-9(13(15)4-2-5-13)11(14)8-3-6-17-12(8)10/h3,6-7H,2,4-5,15H2,1H3. The van der Waals surface area contributed by atoms with E-state index < -0.39 is 0 Å². The molecule has 1 aliphatic rings. The van der Waals surface area contributed by atoms with E-state index in [0.717, 1.165) is 39.6 Å². The minimum atomic E-state index is -0.211. The average molecular weight is 296 g/mol. The third-order valence-electron chi connectivity index (χ3n) is 3.64. The summed E-state index contributed by atoms with van der Waals surface area (Å²) in [4.78, 5) is 0. The average Bonchev–Trinajstić information content (AvgIpc) is 2.76. The van der Waals surface area contributed by atoms with Gasteiger partial charge in [-0.05, 0) is 52.9 Å². The fourth-order valence-corrected chi connectivity index (χ4v) is 3.24. The maximum Gasteiger partial charge on any atom is 0.176 e. The van der Waals surface area contributed by atoms with E-state index in [1.165, 1.54) is 6.42 Å². The third-order valence-corrected chi connectivity index (χ3v) is 4.49. The monoisotopic (exact) mass is 295 g/mol. The lowest BCUT2D eigenvalue weighted by Gasteiger charge is -2.39. The molecule has 1 saturated carbocycles. The van der Waals surface area contributed by atoms with Crippen molar-refractivity contribution in [1.82, 2.24) is 0 Å². The molecule has 3 rings (SSSR count). The van der Waals surface area contributed by atoms with Crippen molar-refractivity contribution >= 4 is 26.9 Å². The van der Waals surface area contributed by atoms with Gasteiger partial charge in [-0.1, -0.05) is 0 Å². The minimum Gasteiger partial charge on any atom is -0.493 e. The Bertz CT molecular complexity index is 572. The minimum absolute atomic E-state index is 0.211. The SMILES string of the molecule is COc1cc(C2(N)CCC2)c(Br)c2ccoc12. The summed E-state index contributed by atoms with van der Waals surface area (Å²) in [7, 11) is 1.65. The van der Waals surface area contributed by atoms with Crippen LogP contribution in [0.25, 0.3) is 11.0 Å². The second-order valence-electron chi connectivity index (χ2n) is 4.61. The molecule has 1 aromatic heterocycles. The molecule has 1 aliphatic carbocycles. The molecule has 0 bridgehead atoms. The molecule has 3 nitrogen and oxygen atoms in total. The second-order valence-corrected chi connectivity index (χ2v) is 5.41. The highest BCUT2D eigenvalue weighted by molar-refractivity contribution is 9.10. The van der Waals surface area contributed by atoms with E-state index in [1.54, 1.807) is 13.4 Å². The van der Waals surface area contributed by atoms with Crippen molar-refractivity contribution in [2.75, 3.05) is 7.11 Å². The summed E-state index contributed by atoms with van der Waals surface area (Å²) in [6.07, 6.45) is 4.91. The quantitative estimate of drug-likeness (QED) is 0.922. The van der Waals surface area contributed by atoms with Gasteiger partial charge in [0.2, 0.25) is 0 Å². The first-order valence-corrected chi connectivity index (χ1v) is 6.48. The largest absolute Gasteiger partial charge is 0.493 e. The molecule has 1 fully saturated rings. The molecule has 4 heteroatoms. The lowest BCUT2D eigenvalue weighted by atomic mass is 9.72. The Hall–Kier alpha value is -1.00. The highest BCUT2D eigenvalue weighted by Crippen LogP contribution is 2.46. The Morgan fingerprint density at radius 3 is 2.82 bits per heavy atom. The van der Waals surface area contributed by atoms with Crippen LogP contribution in [0.3, 0.4) is 0 Å². The van der Waals surface area contributed by atoms with E-state index in [9.17, 15) is 0 Å². The molecule has 2 aromatic rings. The van der Waals surface area contributed by atoms with Crippen molar-refractivity contribution in [3.63, 3.8) is 0 Å². The maximum atomic E-state index is 6.39.